The maximum absolute atomic E-state index is 13.2. The zero-order valence-electron chi connectivity index (χ0n) is 16.0. The third kappa shape index (κ3) is 6.12. The predicted molar refractivity (Wildman–Crippen MR) is 107 cm³/mol. The molecular formula is C20H27FN4O2S+2. The van der Waals surface area contributed by atoms with E-state index in [1.807, 2.05) is 11.9 Å². The largest absolute Gasteiger partial charge is 0.328 e. The van der Waals surface area contributed by atoms with Crippen LogP contribution in [-0.2, 0) is 16.1 Å². The third-order valence-electron chi connectivity index (χ3n) is 4.85. The first-order chi connectivity index (χ1) is 13.5. The Morgan fingerprint density at radius 2 is 2.00 bits per heavy atom. The third-order valence-corrected chi connectivity index (χ3v) is 5.73. The zero-order valence-corrected chi connectivity index (χ0v) is 16.9. The van der Waals surface area contributed by atoms with Gasteiger partial charge in [0.1, 0.15) is 12.4 Å². The van der Waals surface area contributed by atoms with Gasteiger partial charge < -0.3 is 20.0 Å². The van der Waals surface area contributed by atoms with Gasteiger partial charge in [0.15, 0.2) is 13.1 Å². The minimum Gasteiger partial charge on any atom is -0.328 e. The number of quaternary nitrogens is 2. The Morgan fingerprint density at radius 1 is 1.21 bits per heavy atom. The van der Waals surface area contributed by atoms with Crippen LogP contribution in [0.4, 0.5) is 10.1 Å². The van der Waals surface area contributed by atoms with Crippen molar-refractivity contribution in [2.24, 2.45) is 0 Å². The Bertz CT molecular complexity index is 791. The Labute approximate surface area is 168 Å². The van der Waals surface area contributed by atoms with Crippen LogP contribution in [0.5, 0.6) is 0 Å². The Morgan fingerprint density at radius 3 is 2.68 bits per heavy atom. The molecule has 2 aromatic rings. The van der Waals surface area contributed by atoms with Gasteiger partial charge in [-0.25, -0.2) is 4.39 Å². The lowest BCUT2D eigenvalue weighted by molar-refractivity contribution is -0.917. The zero-order chi connectivity index (χ0) is 19.9. The number of benzene rings is 1. The summed E-state index contributed by atoms with van der Waals surface area (Å²) in [6.45, 7) is 4.85. The highest BCUT2D eigenvalue weighted by atomic mass is 32.1. The highest BCUT2D eigenvalue weighted by Crippen LogP contribution is 2.08. The van der Waals surface area contributed by atoms with Crippen molar-refractivity contribution < 1.29 is 23.8 Å². The van der Waals surface area contributed by atoms with Crippen LogP contribution < -0.4 is 15.1 Å². The number of carbonyl (C=O) groups is 2. The molecule has 0 spiro atoms. The van der Waals surface area contributed by atoms with Gasteiger partial charge in [-0.3, -0.25) is 9.59 Å². The fourth-order valence-electron chi connectivity index (χ4n) is 3.39. The lowest BCUT2D eigenvalue weighted by Crippen LogP contribution is -3.14. The average Bonchev–Trinajstić information content (AvgIpc) is 3.15. The van der Waals surface area contributed by atoms with Crippen LogP contribution in [0.2, 0.25) is 0 Å². The van der Waals surface area contributed by atoms with Gasteiger partial charge in [0.2, 0.25) is 0 Å². The van der Waals surface area contributed by atoms with E-state index < -0.39 is 5.82 Å². The molecule has 6 nitrogen and oxygen atoms in total. The summed E-state index contributed by atoms with van der Waals surface area (Å²) >= 11 is 1.78. The van der Waals surface area contributed by atoms with E-state index in [9.17, 15) is 14.0 Å². The molecule has 150 valence electrons. The van der Waals surface area contributed by atoms with E-state index in [1.54, 1.807) is 23.5 Å². The molecule has 1 fully saturated rings. The van der Waals surface area contributed by atoms with Crippen molar-refractivity contribution in [2.75, 3.05) is 51.6 Å². The molecule has 1 saturated heterocycles. The second-order valence-electron chi connectivity index (χ2n) is 7.26. The first-order valence-electron chi connectivity index (χ1n) is 9.50. The highest BCUT2D eigenvalue weighted by Gasteiger charge is 2.26. The standard InChI is InChI=1S/C20H25FN4O2S/c1-23(14-19(26)22-17-5-2-4-16(21)12-17)15-20(27)25-9-7-24(8-10-25)13-18-6-3-11-28-18/h2-6,11-12H,7-10,13-15H2,1H3,(H,22,26)/p+2. The molecule has 1 aliphatic heterocycles. The summed E-state index contributed by atoms with van der Waals surface area (Å²) in [5, 5.41) is 4.76. The van der Waals surface area contributed by atoms with Gasteiger partial charge in [0.25, 0.3) is 11.8 Å². The van der Waals surface area contributed by atoms with Crippen LogP contribution in [0.25, 0.3) is 0 Å². The Kier molecular flexibility index (Phi) is 7.13. The lowest BCUT2D eigenvalue weighted by atomic mass is 10.3. The molecule has 1 atom stereocenters. The maximum atomic E-state index is 13.2. The van der Waals surface area contributed by atoms with E-state index in [4.69, 9.17) is 0 Å². The fourth-order valence-corrected chi connectivity index (χ4v) is 4.16. The molecule has 0 radical (unpaired) electrons. The minimum absolute atomic E-state index is 0.0752. The van der Waals surface area contributed by atoms with Gasteiger partial charge >= 0.3 is 0 Å². The second kappa shape index (κ2) is 9.77. The molecule has 0 saturated carbocycles. The summed E-state index contributed by atoms with van der Waals surface area (Å²) in [6.07, 6.45) is 0. The van der Waals surface area contributed by atoms with Crippen LogP contribution in [0.15, 0.2) is 41.8 Å². The number of rotatable bonds is 7. The Balaban J connectivity index is 1.38. The summed E-state index contributed by atoms with van der Waals surface area (Å²) in [4.78, 5) is 30.2. The number of likely N-dealkylation sites (N-methyl/N-ethyl adjacent to an activating group) is 1. The van der Waals surface area contributed by atoms with E-state index in [-0.39, 0.29) is 24.9 Å². The number of hydrogen-bond acceptors (Lipinski definition) is 3. The molecule has 3 N–H and O–H groups in total. The second-order valence-corrected chi connectivity index (χ2v) is 8.29. The number of anilines is 1. The molecular weight excluding hydrogens is 379 g/mol. The molecule has 1 aromatic heterocycles. The molecule has 8 heteroatoms. The van der Waals surface area contributed by atoms with Crippen molar-refractivity contribution in [3.8, 4) is 0 Å². The summed E-state index contributed by atoms with van der Waals surface area (Å²) in [6, 6.07) is 10.0. The molecule has 28 heavy (non-hydrogen) atoms. The molecule has 2 heterocycles. The van der Waals surface area contributed by atoms with Crippen molar-refractivity contribution >= 4 is 28.8 Å². The van der Waals surface area contributed by atoms with Gasteiger partial charge in [-0.15, -0.1) is 11.3 Å². The Hall–Kier alpha value is -2.29. The number of carbonyl (C=O) groups excluding carboxylic acids is 2. The molecule has 0 aliphatic carbocycles. The molecule has 1 aliphatic rings. The normalized spacial score (nSPS) is 16.0. The number of amides is 2. The molecule has 1 aromatic carbocycles. The number of halogens is 1. The SMILES string of the molecule is C[NH+](CC(=O)Nc1cccc(F)c1)CC(=O)N1CC[NH+](Cc2cccs2)CC1. The first kappa shape index (κ1) is 20.4. The van der Waals surface area contributed by atoms with Crippen molar-refractivity contribution in [1.82, 2.24) is 4.90 Å². The molecule has 0 bridgehead atoms. The minimum atomic E-state index is -0.394. The van der Waals surface area contributed by atoms with E-state index in [0.717, 1.165) is 37.6 Å². The van der Waals surface area contributed by atoms with Crippen LogP contribution in [0.3, 0.4) is 0 Å². The van der Waals surface area contributed by atoms with Gasteiger partial charge in [0.05, 0.1) is 38.1 Å². The number of nitrogens with zero attached hydrogens (tertiary/aromatic N) is 1. The van der Waals surface area contributed by atoms with E-state index in [1.165, 1.54) is 21.9 Å². The van der Waals surface area contributed by atoms with Gasteiger partial charge in [-0.2, -0.15) is 0 Å². The number of nitrogens with one attached hydrogen (secondary N) is 3. The number of piperazine rings is 1. The van der Waals surface area contributed by atoms with Crippen LogP contribution in [0.1, 0.15) is 4.88 Å². The highest BCUT2D eigenvalue weighted by molar-refractivity contribution is 7.09. The first-order valence-corrected chi connectivity index (χ1v) is 10.4. The fraction of sp³-hybridized carbons (Fsp3) is 0.400. The molecule has 2 amide bonds. The van der Waals surface area contributed by atoms with Crippen molar-refractivity contribution in [2.45, 2.75) is 6.54 Å². The van der Waals surface area contributed by atoms with Gasteiger partial charge in [-0.1, -0.05) is 12.1 Å². The van der Waals surface area contributed by atoms with Crippen LogP contribution in [0, 0.1) is 5.82 Å². The van der Waals surface area contributed by atoms with E-state index >= 15 is 0 Å². The van der Waals surface area contributed by atoms with Crippen molar-refractivity contribution in [3.63, 3.8) is 0 Å². The summed E-state index contributed by atoms with van der Waals surface area (Å²) < 4.78 is 13.2. The molecule has 3 rings (SSSR count). The lowest BCUT2D eigenvalue weighted by Gasteiger charge is -2.32. The van der Waals surface area contributed by atoms with E-state index in [0.29, 0.717) is 5.69 Å². The predicted octanol–water partition coefficient (Wildman–Crippen LogP) is -0.732. The maximum Gasteiger partial charge on any atom is 0.279 e. The monoisotopic (exact) mass is 406 g/mol. The topological polar surface area (TPSA) is 58.3 Å². The quantitative estimate of drug-likeness (QED) is 0.568. The number of hydrogen-bond donors (Lipinski definition) is 3. The average molecular weight is 407 g/mol. The summed E-state index contributed by atoms with van der Waals surface area (Å²) in [7, 11) is 1.82. The van der Waals surface area contributed by atoms with Crippen molar-refractivity contribution in [1.29, 1.82) is 0 Å². The van der Waals surface area contributed by atoms with Crippen LogP contribution in [-0.4, -0.2) is 63.0 Å². The summed E-state index contributed by atoms with van der Waals surface area (Å²) in [5.74, 6) is -0.554. The number of thiophene rings is 1. The smallest absolute Gasteiger partial charge is 0.279 e. The van der Waals surface area contributed by atoms with Gasteiger partial charge in [0, 0.05) is 5.69 Å². The van der Waals surface area contributed by atoms with E-state index in [2.05, 4.69) is 22.8 Å². The van der Waals surface area contributed by atoms with Crippen molar-refractivity contribution in [3.05, 3.63) is 52.5 Å². The molecule has 1 unspecified atom stereocenters. The summed E-state index contributed by atoms with van der Waals surface area (Å²) in [5.41, 5.74) is 0.425. The van der Waals surface area contributed by atoms with Crippen LogP contribution >= 0.6 is 11.3 Å². The van der Waals surface area contributed by atoms with Gasteiger partial charge in [-0.05, 0) is 29.6 Å².